The van der Waals surface area contributed by atoms with Gasteiger partial charge in [-0.25, -0.2) is 0 Å². The minimum absolute atomic E-state index is 0.277. The molecule has 1 N–H and O–H groups in total. The number of hydrogen-bond acceptors (Lipinski definition) is 4. The zero-order valence-corrected chi connectivity index (χ0v) is 13.5. The molecular weight excluding hydrogens is 334 g/mol. The number of nitrogens with one attached hydrogen (secondary N) is 1. The topological polar surface area (TPSA) is 62.1 Å². The standard InChI is InChI=1S/C17H14F2N2O2S/c1-11(23-13-6-4-5-12(9-13)10-20)16(22)21-14-7-2-3-8-15(14)24-17(18)19/h2-9,11,17H,1H3,(H,21,22). The molecule has 0 radical (unpaired) electrons. The quantitative estimate of drug-likeness (QED) is 0.792. The molecule has 0 aromatic heterocycles. The first-order valence-electron chi connectivity index (χ1n) is 7.01. The van der Waals surface area contributed by atoms with Gasteiger partial charge in [0.05, 0.1) is 17.3 Å². The molecule has 24 heavy (non-hydrogen) atoms. The zero-order chi connectivity index (χ0) is 17.5. The van der Waals surface area contributed by atoms with E-state index < -0.39 is 17.8 Å². The van der Waals surface area contributed by atoms with Gasteiger partial charge in [0.1, 0.15) is 5.75 Å². The van der Waals surface area contributed by atoms with E-state index in [0.29, 0.717) is 28.8 Å². The van der Waals surface area contributed by atoms with E-state index in [2.05, 4.69) is 5.32 Å². The first kappa shape index (κ1) is 17.8. The van der Waals surface area contributed by atoms with Crippen molar-refractivity contribution in [2.75, 3.05) is 5.32 Å². The van der Waals surface area contributed by atoms with Crippen molar-refractivity contribution < 1.29 is 18.3 Å². The molecule has 0 heterocycles. The molecule has 0 aliphatic carbocycles. The number of rotatable bonds is 6. The molecule has 0 spiro atoms. The lowest BCUT2D eigenvalue weighted by Crippen LogP contribution is -2.30. The summed E-state index contributed by atoms with van der Waals surface area (Å²) in [6, 6.07) is 14.7. The molecule has 0 saturated carbocycles. The van der Waals surface area contributed by atoms with Gasteiger partial charge in [-0.1, -0.05) is 30.0 Å². The third-order valence-corrected chi connectivity index (χ3v) is 3.79. The van der Waals surface area contributed by atoms with Gasteiger partial charge in [0.25, 0.3) is 11.7 Å². The van der Waals surface area contributed by atoms with E-state index in [1.165, 1.54) is 19.1 Å². The van der Waals surface area contributed by atoms with Gasteiger partial charge >= 0.3 is 0 Å². The molecule has 124 valence electrons. The van der Waals surface area contributed by atoms with Crippen molar-refractivity contribution in [3.8, 4) is 11.8 Å². The summed E-state index contributed by atoms with van der Waals surface area (Å²) in [5, 5.41) is 11.4. The monoisotopic (exact) mass is 348 g/mol. The summed E-state index contributed by atoms with van der Waals surface area (Å²) in [6.45, 7) is 1.54. The largest absolute Gasteiger partial charge is 0.481 e. The van der Waals surface area contributed by atoms with Crippen molar-refractivity contribution in [2.24, 2.45) is 0 Å². The number of alkyl halides is 2. The molecule has 4 nitrogen and oxygen atoms in total. The number of carbonyl (C=O) groups excluding carboxylic acids is 1. The lowest BCUT2D eigenvalue weighted by atomic mass is 10.2. The van der Waals surface area contributed by atoms with Crippen molar-refractivity contribution in [1.29, 1.82) is 5.26 Å². The maximum Gasteiger partial charge on any atom is 0.288 e. The lowest BCUT2D eigenvalue weighted by molar-refractivity contribution is -0.122. The number of nitriles is 1. The highest BCUT2D eigenvalue weighted by Gasteiger charge is 2.17. The second kappa shape index (κ2) is 8.31. The summed E-state index contributed by atoms with van der Waals surface area (Å²) in [5.41, 5.74) is 0.716. The molecule has 1 atom stereocenters. The van der Waals surface area contributed by atoms with Crippen LogP contribution in [0.5, 0.6) is 5.75 Å². The van der Waals surface area contributed by atoms with Crippen LogP contribution in [0.1, 0.15) is 12.5 Å². The molecule has 1 unspecified atom stereocenters. The number of amides is 1. The maximum absolute atomic E-state index is 12.6. The predicted octanol–water partition coefficient (Wildman–Crippen LogP) is 4.28. The smallest absolute Gasteiger partial charge is 0.288 e. The normalized spacial score (nSPS) is 11.6. The Hall–Kier alpha value is -2.59. The van der Waals surface area contributed by atoms with Crippen LogP contribution in [0.2, 0.25) is 0 Å². The highest BCUT2D eigenvalue weighted by Crippen LogP contribution is 2.31. The number of benzene rings is 2. The minimum Gasteiger partial charge on any atom is -0.481 e. The van der Waals surface area contributed by atoms with Crippen molar-refractivity contribution in [1.82, 2.24) is 0 Å². The van der Waals surface area contributed by atoms with Crippen LogP contribution in [0.4, 0.5) is 14.5 Å². The summed E-state index contributed by atoms with van der Waals surface area (Å²) < 4.78 is 30.6. The molecule has 0 bridgehead atoms. The number of ether oxygens (including phenoxy) is 1. The van der Waals surface area contributed by atoms with E-state index in [-0.39, 0.29) is 4.90 Å². The van der Waals surface area contributed by atoms with Gasteiger partial charge in [0, 0.05) is 4.90 Å². The zero-order valence-electron chi connectivity index (χ0n) is 12.7. The fraction of sp³-hybridized carbons (Fsp3) is 0.176. The Kier molecular flexibility index (Phi) is 6.15. The molecule has 0 aliphatic rings. The van der Waals surface area contributed by atoms with E-state index in [4.69, 9.17) is 10.00 Å². The van der Waals surface area contributed by atoms with Gasteiger partial charge in [-0.3, -0.25) is 4.79 Å². The molecule has 2 aromatic rings. The molecule has 0 aliphatic heterocycles. The Bertz CT molecular complexity index is 762. The van der Waals surface area contributed by atoms with E-state index in [0.717, 1.165) is 0 Å². The van der Waals surface area contributed by atoms with Crippen LogP contribution in [0.25, 0.3) is 0 Å². The Morgan fingerprint density at radius 1 is 1.25 bits per heavy atom. The van der Waals surface area contributed by atoms with Gasteiger partial charge < -0.3 is 10.1 Å². The number of anilines is 1. The van der Waals surface area contributed by atoms with E-state index in [1.807, 2.05) is 6.07 Å². The Balaban J connectivity index is 2.05. The number of nitrogens with zero attached hydrogens (tertiary/aromatic N) is 1. The minimum atomic E-state index is -2.58. The third-order valence-electron chi connectivity index (χ3n) is 3.01. The SMILES string of the molecule is CC(Oc1cccc(C#N)c1)C(=O)Nc1ccccc1SC(F)F. The molecule has 7 heteroatoms. The van der Waals surface area contributed by atoms with Crippen LogP contribution in [0, 0.1) is 11.3 Å². The molecule has 0 fully saturated rings. The summed E-state index contributed by atoms with van der Waals surface area (Å²) >= 11 is 0.363. The van der Waals surface area contributed by atoms with Crippen LogP contribution in [-0.4, -0.2) is 17.8 Å². The maximum atomic E-state index is 12.6. The lowest BCUT2D eigenvalue weighted by Gasteiger charge is -2.16. The summed E-state index contributed by atoms with van der Waals surface area (Å²) in [6.07, 6.45) is -0.858. The van der Waals surface area contributed by atoms with Crippen LogP contribution in [0.15, 0.2) is 53.4 Å². The molecule has 2 rings (SSSR count). The van der Waals surface area contributed by atoms with E-state index >= 15 is 0 Å². The van der Waals surface area contributed by atoms with Crippen molar-refractivity contribution in [3.05, 3.63) is 54.1 Å². The van der Waals surface area contributed by atoms with Gasteiger partial charge in [0.2, 0.25) is 0 Å². The third kappa shape index (κ3) is 4.96. The van der Waals surface area contributed by atoms with Crippen LogP contribution in [-0.2, 0) is 4.79 Å². The van der Waals surface area contributed by atoms with Crippen LogP contribution >= 0.6 is 11.8 Å². The van der Waals surface area contributed by atoms with Crippen LogP contribution in [0.3, 0.4) is 0 Å². The second-order valence-corrected chi connectivity index (χ2v) is 5.80. The number of halogens is 2. The van der Waals surface area contributed by atoms with Gasteiger partial charge in [0.15, 0.2) is 6.10 Å². The van der Waals surface area contributed by atoms with Crippen molar-refractivity contribution in [3.63, 3.8) is 0 Å². The summed E-state index contributed by atoms with van der Waals surface area (Å²) in [7, 11) is 0. The first-order chi connectivity index (χ1) is 11.5. The van der Waals surface area contributed by atoms with Crippen LogP contribution < -0.4 is 10.1 Å². The fourth-order valence-corrected chi connectivity index (χ4v) is 2.49. The average Bonchev–Trinajstić information content (AvgIpc) is 2.56. The number of hydrogen-bond donors (Lipinski definition) is 1. The molecular formula is C17H14F2N2O2S. The van der Waals surface area contributed by atoms with Crippen molar-refractivity contribution >= 4 is 23.4 Å². The highest BCUT2D eigenvalue weighted by atomic mass is 32.2. The number of carbonyl (C=O) groups is 1. The van der Waals surface area contributed by atoms with Gasteiger partial charge in [-0.05, 0) is 37.3 Å². The predicted molar refractivity (Wildman–Crippen MR) is 88.2 cm³/mol. The van der Waals surface area contributed by atoms with E-state index in [1.54, 1.807) is 36.4 Å². The number of thioether (sulfide) groups is 1. The van der Waals surface area contributed by atoms with Gasteiger partial charge in [-0.15, -0.1) is 0 Å². The van der Waals surface area contributed by atoms with Gasteiger partial charge in [-0.2, -0.15) is 14.0 Å². The summed E-state index contributed by atoms with van der Waals surface area (Å²) in [4.78, 5) is 12.5. The fourth-order valence-electron chi connectivity index (χ4n) is 1.90. The first-order valence-corrected chi connectivity index (χ1v) is 7.89. The average molecular weight is 348 g/mol. The van der Waals surface area contributed by atoms with Crippen molar-refractivity contribution in [2.45, 2.75) is 23.7 Å². The molecule has 2 aromatic carbocycles. The Labute approximate surface area is 142 Å². The van der Waals surface area contributed by atoms with E-state index in [9.17, 15) is 13.6 Å². The Morgan fingerprint density at radius 2 is 2.00 bits per heavy atom. The Morgan fingerprint density at radius 3 is 2.71 bits per heavy atom. The molecule has 0 saturated heterocycles. The number of para-hydroxylation sites is 1. The molecule has 1 amide bonds. The highest BCUT2D eigenvalue weighted by molar-refractivity contribution is 7.99. The second-order valence-electron chi connectivity index (χ2n) is 4.76. The summed E-state index contributed by atoms with van der Waals surface area (Å²) in [5.74, 6) is -2.67.